The van der Waals surface area contributed by atoms with Crippen LogP contribution in [0.4, 0.5) is 0 Å². The largest absolute Gasteiger partial charge is 0.504 e. The number of phenols is 1. The van der Waals surface area contributed by atoms with E-state index >= 15 is 0 Å². The summed E-state index contributed by atoms with van der Waals surface area (Å²) in [7, 11) is 1.50. The molecule has 6 nitrogen and oxygen atoms in total. The Labute approximate surface area is 171 Å². The molecule has 0 saturated carbocycles. The molecule has 2 aliphatic heterocycles. The molecule has 1 aromatic rings. The lowest BCUT2D eigenvalue weighted by atomic mass is 9.74. The van der Waals surface area contributed by atoms with Crippen LogP contribution in [0.5, 0.6) is 11.5 Å². The SMILES string of the molecule is COc1cc([C@@H]2C(C(=O)N3CCCCC3)=C(C)NC3=C2C(=O)CCC3)ccc1O. The molecule has 0 unspecified atom stereocenters. The molecule has 0 aromatic heterocycles. The summed E-state index contributed by atoms with van der Waals surface area (Å²) in [5.74, 6) is 0.0275. The van der Waals surface area contributed by atoms with Crippen molar-refractivity contribution in [2.45, 2.75) is 51.4 Å². The molecule has 2 heterocycles. The third-order valence-corrected chi connectivity index (χ3v) is 6.19. The maximum Gasteiger partial charge on any atom is 0.252 e. The van der Waals surface area contributed by atoms with E-state index in [1.165, 1.54) is 7.11 Å². The minimum absolute atomic E-state index is 0.00309. The van der Waals surface area contributed by atoms with E-state index in [2.05, 4.69) is 5.32 Å². The van der Waals surface area contributed by atoms with Crippen molar-refractivity contribution in [3.63, 3.8) is 0 Å². The number of ketones is 1. The van der Waals surface area contributed by atoms with Crippen LogP contribution in [0.25, 0.3) is 0 Å². The minimum Gasteiger partial charge on any atom is -0.504 e. The highest BCUT2D eigenvalue weighted by atomic mass is 16.5. The zero-order valence-corrected chi connectivity index (χ0v) is 17.1. The van der Waals surface area contributed by atoms with Gasteiger partial charge in [-0.1, -0.05) is 6.07 Å². The molecule has 4 rings (SSSR count). The molecule has 1 aliphatic carbocycles. The summed E-state index contributed by atoms with van der Waals surface area (Å²) in [6.07, 6.45) is 5.28. The summed E-state index contributed by atoms with van der Waals surface area (Å²) < 4.78 is 5.30. The van der Waals surface area contributed by atoms with Crippen molar-refractivity contribution < 1.29 is 19.4 Å². The van der Waals surface area contributed by atoms with Gasteiger partial charge in [0.05, 0.1) is 7.11 Å². The van der Waals surface area contributed by atoms with Gasteiger partial charge in [-0.25, -0.2) is 0 Å². The fourth-order valence-corrected chi connectivity index (χ4v) is 4.74. The fourth-order valence-electron chi connectivity index (χ4n) is 4.74. The van der Waals surface area contributed by atoms with Crippen LogP contribution in [0.1, 0.15) is 56.9 Å². The number of nitrogens with one attached hydrogen (secondary N) is 1. The average molecular weight is 396 g/mol. The second kappa shape index (κ2) is 7.93. The molecule has 3 aliphatic rings. The number of nitrogens with zero attached hydrogens (tertiary/aromatic N) is 1. The summed E-state index contributed by atoms with van der Waals surface area (Å²) in [6.45, 7) is 3.42. The summed E-state index contributed by atoms with van der Waals surface area (Å²) in [4.78, 5) is 28.4. The van der Waals surface area contributed by atoms with Crippen LogP contribution in [-0.2, 0) is 9.59 Å². The molecule has 29 heavy (non-hydrogen) atoms. The number of carbonyl (C=O) groups is 2. The molecule has 1 saturated heterocycles. The summed E-state index contributed by atoms with van der Waals surface area (Å²) in [6, 6.07) is 5.10. The number of likely N-dealkylation sites (tertiary alicyclic amines) is 1. The number of dihydropyridines is 1. The third-order valence-electron chi connectivity index (χ3n) is 6.19. The Morgan fingerprint density at radius 2 is 1.93 bits per heavy atom. The number of carbonyl (C=O) groups excluding carboxylic acids is 2. The third kappa shape index (κ3) is 3.52. The Bertz CT molecular complexity index is 909. The number of allylic oxidation sites excluding steroid dienone is 3. The molecule has 0 radical (unpaired) electrons. The predicted molar refractivity (Wildman–Crippen MR) is 110 cm³/mol. The normalized spacial score (nSPS) is 22.3. The van der Waals surface area contributed by atoms with E-state index in [4.69, 9.17) is 4.74 Å². The second-order valence-electron chi connectivity index (χ2n) is 8.05. The number of piperidine rings is 1. The average Bonchev–Trinajstić information content (AvgIpc) is 2.73. The Morgan fingerprint density at radius 3 is 2.66 bits per heavy atom. The van der Waals surface area contributed by atoms with Gasteiger partial charge in [-0.3, -0.25) is 9.59 Å². The number of ether oxygens (including phenoxy) is 1. The zero-order valence-electron chi connectivity index (χ0n) is 17.1. The standard InChI is InChI=1S/C23H28N2O4/c1-14-20(23(28)25-11-4-3-5-12-25)21(15-9-10-17(26)19(13-15)29-2)22-16(24-14)7-6-8-18(22)27/h9-10,13,21,24,26H,3-8,11-12H2,1-2H3/t21-/m1/s1. The smallest absolute Gasteiger partial charge is 0.252 e. The van der Waals surface area contributed by atoms with Crippen LogP contribution in [-0.4, -0.2) is 41.9 Å². The highest BCUT2D eigenvalue weighted by Crippen LogP contribution is 2.44. The molecule has 1 aromatic carbocycles. The molecule has 1 atom stereocenters. The van der Waals surface area contributed by atoms with E-state index in [0.29, 0.717) is 23.3 Å². The van der Waals surface area contributed by atoms with Crippen LogP contribution in [0.15, 0.2) is 40.7 Å². The van der Waals surface area contributed by atoms with Gasteiger partial charge in [-0.15, -0.1) is 0 Å². The maximum absolute atomic E-state index is 13.6. The number of aromatic hydroxyl groups is 1. The molecule has 0 spiro atoms. The summed E-state index contributed by atoms with van der Waals surface area (Å²) in [5.41, 5.74) is 3.85. The minimum atomic E-state index is -0.442. The quantitative estimate of drug-likeness (QED) is 0.819. The number of Topliss-reactive ketones (excluding diaryl/α,β-unsaturated/α-hetero) is 1. The van der Waals surface area contributed by atoms with Crippen molar-refractivity contribution in [1.29, 1.82) is 0 Å². The monoisotopic (exact) mass is 396 g/mol. The number of hydrogen-bond acceptors (Lipinski definition) is 5. The van der Waals surface area contributed by atoms with Crippen LogP contribution in [0.2, 0.25) is 0 Å². The second-order valence-corrected chi connectivity index (χ2v) is 8.05. The van der Waals surface area contributed by atoms with Gasteiger partial charge < -0.3 is 20.1 Å². The van der Waals surface area contributed by atoms with Crippen molar-refractivity contribution in [2.24, 2.45) is 0 Å². The lowest BCUT2D eigenvalue weighted by Gasteiger charge is -2.37. The lowest BCUT2D eigenvalue weighted by Crippen LogP contribution is -2.42. The molecule has 154 valence electrons. The van der Waals surface area contributed by atoms with Crippen molar-refractivity contribution in [3.8, 4) is 11.5 Å². The molecule has 1 amide bonds. The molecule has 1 fully saturated rings. The molecule has 6 heteroatoms. The van der Waals surface area contributed by atoms with E-state index in [9.17, 15) is 14.7 Å². The number of phenolic OH excluding ortho intramolecular Hbond substituents is 1. The van der Waals surface area contributed by atoms with Gasteiger partial charge in [-0.05, 0) is 56.7 Å². The van der Waals surface area contributed by atoms with Crippen molar-refractivity contribution in [3.05, 3.63) is 46.3 Å². The van der Waals surface area contributed by atoms with Crippen LogP contribution in [0.3, 0.4) is 0 Å². The zero-order chi connectivity index (χ0) is 20.5. The number of rotatable bonds is 3. The summed E-state index contributed by atoms with van der Waals surface area (Å²) >= 11 is 0. The number of hydrogen-bond donors (Lipinski definition) is 2. The van der Waals surface area contributed by atoms with Crippen molar-refractivity contribution in [2.75, 3.05) is 20.2 Å². The van der Waals surface area contributed by atoms with Gasteiger partial charge in [0.2, 0.25) is 0 Å². The number of amides is 1. The van der Waals surface area contributed by atoms with E-state index < -0.39 is 5.92 Å². The van der Waals surface area contributed by atoms with Crippen LogP contribution < -0.4 is 10.1 Å². The van der Waals surface area contributed by atoms with Crippen molar-refractivity contribution >= 4 is 11.7 Å². The Balaban J connectivity index is 1.83. The first-order chi connectivity index (χ1) is 14.0. The van der Waals surface area contributed by atoms with Crippen molar-refractivity contribution in [1.82, 2.24) is 10.2 Å². The van der Waals surface area contributed by atoms with Gasteiger partial charge in [0.15, 0.2) is 17.3 Å². The first kappa shape index (κ1) is 19.6. The molecular weight excluding hydrogens is 368 g/mol. The molecule has 2 N–H and O–H groups in total. The highest BCUT2D eigenvalue weighted by Gasteiger charge is 2.40. The van der Waals surface area contributed by atoms with Gasteiger partial charge in [0.25, 0.3) is 5.91 Å². The molecular formula is C23H28N2O4. The fraction of sp³-hybridized carbons (Fsp3) is 0.478. The predicted octanol–water partition coefficient (Wildman–Crippen LogP) is 3.38. The van der Waals surface area contributed by atoms with Gasteiger partial charge in [0, 0.05) is 48.0 Å². The van der Waals surface area contributed by atoms with Gasteiger partial charge in [0.1, 0.15) is 0 Å². The first-order valence-electron chi connectivity index (χ1n) is 10.4. The first-order valence-corrected chi connectivity index (χ1v) is 10.4. The van der Waals surface area contributed by atoms with Crippen LogP contribution in [0, 0.1) is 0 Å². The van der Waals surface area contributed by atoms with Crippen LogP contribution >= 0.6 is 0 Å². The summed E-state index contributed by atoms with van der Waals surface area (Å²) in [5, 5.41) is 13.4. The topological polar surface area (TPSA) is 78.9 Å². The van der Waals surface area contributed by atoms with Gasteiger partial charge >= 0.3 is 0 Å². The Morgan fingerprint density at radius 1 is 1.17 bits per heavy atom. The lowest BCUT2D eigenvalue weighted by molar-refractivity contribution is -0.128. The van der Waals surface area contributed by atoms with E-state index in [0.717, 1.165) is 62.2 Å². The number of methoxy groups -OCH3 is 1. The maximum atomic E-state index is 13.6. The van der Waals surface area contributed by atoms with E-state index in [1.54, 1.807) is 18.2 Å². The Kier molecular flexibility index (Phi) is 5.35. The van der Waals surface area contributed by atoms with E-state index in [1.807, 2.05) is 11.8 Å². The van der Waals surface area contributed by atoms with Gasteiger partial charge in [-0.2, -0.15) is 0 Å². The Hall–Kier alpha value is -2.76. The number of benzene rings is 1. The van der Waals surface area contributed by atoms with E-state index in [-0.39, 0.29) is 17.4 Å². The molecule has 0 bridgehead atoms. The highest BCUT2D eigenvalue weighted by molar-refractivity contribution is 6.05.